The van der Waals surface area contributed by atoms with Crippen molar-refractivity contribution in [2.45, 2.75) is 39.7 Å². The van der Waals surface area contributed by atoms with Crippen molar-refractivity contribution in [2.75, 3.05) is 6.79 Å². The number of nitrogens with two attached hydrogens (primary N) is 1. The molecule has 0 spiro atoms. The van der Waals surface area contributed by atoms with Gasteiger partial charge >= 0.3 is 0 Å². The van der Waals surface area contributed by atoms with Gasteiger partial charge in [-0.05, 0) is 54.2 Å². The minimum Gasteiger partial charge on any atom is -0.454 e. The van der Waals surface area contributed by atoms with E-state index in [4.69, 9.17) is 15.2 Å². The molecule has 1 amide bonds. The molecule has 5 rings (SSSR count). The van der Waals surface area contributed by atoms with Gasteiger partial charge in [-0.3, -0.25) is 4.79 Å². The first-order valence-electron chi connectivity index (χ1n) is 12.1. The van der Waals surface area contributed by atoms with Crippen LogP contribution in [0.5, 0.6) is 11.5 Å². The molecule has 0 radical (unpaired) electrons. The van der Waals surface area contributed by atoms with Crippen molar-refractivity contribution in [3.8, 4) is 33.8 Å². The van der Waals surface area contributed by atoms with Gasteiger partial charge in [-0.25, -0.2) is 0 Å². The first-order chi connectivity index (χ1) is 17.1. The van der Waals surface area contributed by atoms with Crippen LogP contribution >= 0.6 is 0 Å². The van der Waals surface area contributed by atoms with Crippen molar-refractivity contribution in [3.63, 3.8) is 0 Å². The predicted octanol–water partition coefficient (Wildman–Crippen LogP) is 6.35. The number of amides is 1. The molecule has 1 aliphatic rings. The van der Waals surface area contributed by atoms with E-state index in [1.54, 1.807) is 0 Å². The van der Waals surface area contributed by atoms with Gasteiger partial charge in [-0.15, -0.1) is 0 Å². The number of carbonyl (C=O) groups is 1. The molecule has 2 N–H and O–H groups in total. The third kappa shape index (κ3) is 4.42. The molecule has 5 nitrogen and oxygen atoms in total. The highest BCUT2D eigenvalue weighted by molar-refractivity contribution is 6.02. The Labute approximate surface area is 206 Å². The zero-order chi connectivity index (χ0) is 24.4. The van der Waals surface area contributed by atoms with Crippen molar-refractivity contribution >= 4 is 5.91 Å². The van der Waals surface area contributed by atoms with Crippen molar-refractivity contribution in [2.24, 2.45) is 5.73 Å². The van der Waals surface area contributed by atoms with E-state index in [1.807, 2.05) is 37.3 Å². The van der Waals surface area contributed by atoms with E-state index in [9.17, 15) is 4.79 Å². The Morgan fingerprint density at radius 3 is 2.31 bits per heavy atom. The first-order valence-corrected chi connectivity index (χ1v) is 12.1. The van der Waals surface area contributed by atoms with Crippen LogP contribution in [-0.4, -0.2) is 17.3 Å². The average Bonchev–Trinajstić information content (AvgIpc) is 3.45. The Bertz CT molecular complexity index is 1350. The third-order valence-electron chi connectivity index (χ3n) is 6.70. The summed E-state index contributed by atoms with van der Waals surface area (Å²) in [4.78, 5) is 12.7. The predicted molar refractivity (Wildman–Crippen MR) is 139 cm³/mol. The Hall–Kier alpha value is -3.99. The van der Waals surface area contributed by atoms with Crippen molar-refractivity contribution in [1.82, 2.24) is 4.57 Å². The molecule has 0 saturated heterocycles. The van der Waals surface area contributed by atoms with E-state index < -0.39 is 5.91 Å². The Balaban J connectivity index is 1.60. The van der Waals surface area contributed by atoms with Crippen molar-refractivity contribution in [3.05, 3.63) is 95.3 Å². The summed E-state index contributed by atoms with van der Waals surface area (Å²) >= 11 is 0. The third-order valence-corrected chi connectivity index (χ3v) is 6.70. The van der Waals surface area contributed by atoms with Gasteiger partial charge in [0.25, 0.3) is 5.91 Å². The van der Waals surface area contributed by atoms with Gasteiger partial charge in [-0.2, -0.15) is 0 Å². The lowest BCUT2D eigenvalue weighted by Crippen LogP contribution is -2.13. The molecule has 0 aliphatic carbocycles. The Morgan fingerprint density at radius 1 is 0.914 bits per heavy atom. The summed E-state index contributed by atoms with van der Waals surface area (Å²) in [5.41, 5.74) is 14.0. The highest BCUT2D eigenvalue weighted by atomic mass is 16.7. The van der Waals surface area contributed by atoms with Gasteiger partial charge < -0.3 is 19.8 Å². The molecule has 0 atom stereocenters. The molecule has 0 bridgehead atoms. The molecule has 35 heavy (non-hydrogen) atoms. The maximum absolute atomic E-state index is 12.7. The van der Waals surface area contributed by atoms with Crippen LogP contribution in [0.25, 0.3) is 22.3 Å². The van der Waals surface area contributed by atoms with Gasteiger partial charge in [0.2, 0.25) is 6.79 Å². The molecule has 178 valence electrons. The maximum atomic E-state index is 12.7. The van der Waals surface area contributed by atoms with E-state index in [-0.39, 0.29) is 6.79 Å². The number of rotatable bonds is 8. The molecule has 1 aliphatic heterocycles. The number of ether oxygens (including phenoxy) is 2. The summed E-state index contributed by atoms with van der Waals surface area (Å²) in [5.74, 6) is 1.13. The molecule has 4 aromatic rings. The minimum absolute atomic E-state index is 0.248. The monoisotopic (exact) mass is 466 g/mol. The van der Waals surface area contributed by atoms with Crippen LogP contribution in [0, 0.1) is 6.92 Å². The maximum Gasteiger partial charge on any atom is 0.251 e. The van der Waals surface area contributed by atoms with Crippen LogP contribution in [0.15, 0.2) is 72.8 Å². The number of aromatic nitrogens is 1. The second-order valence-corrected chi connectivity index (χ2v) is 8.97. The van der Waals surface area contributed by atoms with Crippen LogP contribution in [-0.2, 0) is 13.0 Å². The van der Waals surface area contributed by atoms with Gasteiger partial charge in [0.05, 0.1) is 5.56 Å². The second-order valence-electron chi connectivity index (χ2n) is 8.97. The molecule has 5 heteroatoms. The zero-order valence-electron chi connectivity index (χ0n) is 20.2. The lowest BCUT2D eigenvalue weighted by Gasteiger charge is -2.14. The van der Waals surface area contributed by atoms with Crippen LogP contribution in [0.4, 0.5) is 0 Å². The highest BCUT2D eigenvalue weighted by Gasteiger charge is 2.25. The number of hydrogen-bond donors (Lipinski definition) is 1. The standard InChI is InChI=1S/C30H30N2O3/c1-3-4-10-25-29(24-14-12-23(13-15-24)22-8-6-5-7-9-22)28(30(31)33)20(2)32(25)18-21-11-16-26-27(17-21)35-19-34-26/h5-9,11-17H,3-4,10,18-19H2,1-2H3,(H2,31,33). The van der Waals surface area contributed by atoms with Crippen LogP contribution in [0.2, 0.25) is 0 Å². The summed E-state index contributed by atoms with van der Waals surface area (Å²) in [6.45, 7) is 5.05. The van der Waals surface area contributed by atoms with Crippen molar-refractivity contribution < 1.29 is 14.3 Å². The van der Waals surface area contributed by atoms with Crippen molar-refractivity contribution in [1.29, 1.82) is 0 Å². The summed E-state index contributed by atoms with van der Waals surface area (Å²) in [5, 5.41) is 0. The van der Waals surface area contributed by atoms with Crippen LogP contribution in [0.3, 0.4) is 0 Å². The van der Waals surface area contributed by atoms with Gasteiger partial charge in [-0.1, -0.05) is 74.0 Å². The summed E-state index contributed by atoms with van der Waals surface area (Å²) in [6.07, 6.45) is 2.95. The van der Waals surface area contributed by atoms with E-state index in [2.05, 4.69) is 54.0 Å². The van der Waals surface area contributed by atoms with Crippen LogP contribution in [0.1, 0.15) is 47.1 Å². The van der Waals surface area contributed by atoms with E-state index in [0.717, 1.165) is 70.0 Å². The topological polar surface area (TPSA) is 66.5 Å². The number of hydrogen-bond acceptors (Lipinski definition) is 3. The molecule has 1 aromatic heterocycles. The number of primary amides is 1. The molecule has 0 saturated carbocycles. The minimum atomic E-state index is -0.396. The van der Waals surface area contributed by atoms with E-state index in [1.165, 1.54) is 0 Å². The van der Waals surface area contributed by atoms with Gasteiger partial charge in [0.15, 0.2) is 11.5 Å². The van der Waals surface area contributed by atoms with Crippen LogP contribution < -0.4 is 15.2 Å². The average molecular weight is 467 g/mol. The molecular formula is C30H30N2O3. The lowest BCUT2D eigenvalue weighted by atomic mass is 9.95. The molecule has 3 aromatic carbocycles. The fourth-order valence-corrected chi connectivity index (χ4v) is 4.91. The van der Waals surface area contributed by atoms with E-state index in [0.29, 0.717) is 12.1 Å². The summed E-state index contributed by atoms with van der Waals surface area (Å²) in [6, 6.07) is 24.7. The fourth-order valence-electron chi connectivity index (χ4n) is 4.91. The normalized spacial score (nSPS) is 12.2. The van der Waals surface area contributed by atoms with Gasteiger partial charge in [0, 0.05) is 23.5 Å². The fraction of sp³-hybridized carbons (Fsp3) is 0.233. The highest BCUT2D eigenvalue weighted by Crippen LogP contribution is 2.37. The quantitative estimate of drug-likeness (QED) is 0.329. The molecule has 0 fully saturated rings. The SMILES string of the molecule is CCCCc1c(-c2ccc(-c3ccccc3)cc2)c(C(N)=O)c(C)n1Cc1ccc2c(c1)OCO2. The second kappa shape index (κ2) is 9.71. The number of benzene rings is 3. The summed E-state index contributed by atoms with van der Waals surface area (Å²) < 4.78 is 13.3. The van der Waals surface area contributed by atoms with Gasteiger partial charge in [0.1, 0.15) is 0 Å². The zero-order valence-corrected chi connectivity index (χ0v) is 20.2. The lowest BCUT2D eigenvalue weighted by molar-refractivity contribution is 0.1000. The molecule has 0 unspecified atom stereocenters. The Morgan fingerprint density at radius 2 is 1.60 bits per heavy atom. The number of carbonyl (C=O) groups excluding carboxylic acids is 1. The smallest absolute Gasteiger partial charge is 0.251 e. The Kier molecular flexibility index (Phi) is 6.32. The molecular weight excluding hydrogens is 436 g/mol. The molecule has 2 heterocycles. The number of unbranched alkanes of at least 4 members (excludes halogenated alkanes) is 1. The number of fused-ring (bicyclic) bond motifs is 1. The largest absolute Gasteiger partial charge is 0.454 e. The first kappa shape index (κ1) is 22.8. The van der Waals surface area contributed by atoms with E-state index >= 15 is 0 Å². The number of nitrogens with zero attached hydrogens (tertiary/aromatic N) is 1. The summed E-state index contributed by atoms with van der Waals surface area (Å²) in [7, 11) is 0.